The van der Waals surface area contributed by atoms with Gasteiger partial charge in [0.1, 0.15) is 30.8 Å². The van der Waals surface area contributed by atoms with Gasteiger partial charge in [0.15, 0.2) is 0 Å². The first-order chi connectivity index (χ1) is 7.72. The van der Waals surface area contributed by atoms with Crippen LogP contribution in [0.2, 0.25) is 0 Å². The Morgan fingerprint density at radius 1 is 1.19 bits per heavy atom. The van der Waals surface area contributed by atoms with Crippen molar-refractivity contribution in [1.29, 1.82) is 0 Å². The number of hydrogen-bond donors (Lipinski definition) is 1. The number of rotatable bonds is 4. The summed E-state index contributed by atoms with van der Waals surface area (Å²) in [6.07, 6.45) is 3.05. The summed E-state index contributed by atoms with van der Waals surface area (Å²) in [5.74, 6) is 1.61. The second-order valence-electron chi connectivity index (χ2n) is 3.75. The van der Waals surface area contributed by atoms with E-state index in [1.165, 1.54) is 6.33 Å². The van der Waals surface area contributed by atoms with Crippen molar-refractivity contribution in [2.45, 2.75) is 33.0 Å². The monoisotopic (exact) mass is 221 g/mol. The standard InChI is InChI=1S/C9H15N7/c1-7(2)16-9(12-6-14-16)4-15-8(3-10)11-5-13-15/h5-7H,3-4,10H2,1-2H3. The molecule has 0 saturated carbocycles. The largest absolute Gasteiger partial charge is 0.324 e. The number of aromatic nitrogens is 6. The zero-order valence-electron chi connectivity index (χ0n) is 9.41. The van der Waals surface area contributed by atoms with Crippen molar-refractivity contribution >= 4 is 0 Å². The lowest BCUT2D eigenvalue weighted by molar-refractivity contribution is 0.483. The van der Waals surface area contributed by atoms with Crippen molar-refractivity contribution in [2.24, 2.45) is 5.73 Å². The molecule has 0 aliphatic heterocycles. The van der Waals surface area contributed by atoms with E-state index in [4.69, 9.17) is 5.73 Å². The van der Waals surface area contributed by atoms with Gasteiger partial charge in [-0.1, -0.05) is 0 Å². The topological polar surface area (TPSA) is 87.4 Å². The summed E-state index contributed by atoms with van der Waals surface area (Å²) < 4.78 is 3.60. The van der Waals surface area contributed by atoms with Crippen LogP contribution in [0.5, 0.6) is 0 Å². The SMILES string of the molecule is CC(C)n1ncnc1Cn1ncnc1CN. The Kier molecular flexibility index (Phi) is 2.95. The lowest BCUT2D eigenvalue weighted by Gasteiger charge is -2.09. The normalized spacial score (nSPS) is 11.2. The molecule has 0 aliphatic rings. The fourth-order valence-corrected chi connectivity index (χ4v) is 1.53. The molecule has 16 heavy (non-hydrogen) atoms. The summed E-state index contributed by atoms with van der Waals surface area (Å²) in [6, 6.07) is 0.280. The minimum Gasteiger partial charge on any atom is -0.324 e. The maximum atomic E-state index is 5.56. The molecule has 2 aromatic heterocycles. The number of nitrogens with zero attached hydrogens (tertiary/aromatic N) is 6. The van der Waals surface area contributed by atoms with Crippen LogP contribution >= 0.6 is 0 Å². The molecule has 0 aliphatic carbocycles. The van der Waals surface area contributed by atoms with Gasteiger partial charge in [0.2, 0.25) is 0 Å². The van der Waals surface area contributed by atoms with Crippen LogP contribution in [-0.4, -0.2) is 29.5 Å². The van der Waals surface area contributed by atoms with Crippen LogP contribution < -0.4 is 5.73 Å². The average molecular weight is 221 g/mol. The van der Waals surface area contributed by atoms with E-state index in [0.29, 0.717) is 13.1 Å². The van der Waals surface area contributed by atoms with Gasteiger partial charge < -0.3 is 5.73 Å². The molecule has 2 N–H and O–H groups in total. The van der Waals surface area contributed by atoms with E-state index in [1.807, 2.05) is 4.68 Å². The van der Waals surface area contributed by atoms with Crippen molar-refractivity contribution in [3.63, 3.8) is 0 Å². The molecule has 7 nitrogen and oxygen atoms in total. The molecule has 2 aromatic rings. The molecule has 7 heteroatoms. The van der Waals surface area contributed by atoms with Gasteiger partial charge in [-0.3, -0.25) is 0 Å². The molecule has 0 radical (unpaired) electrons. The van der Waals surface area contributed by atoms with Crippen molar-refractivity contribution in [1.82, 2.24) is 29.5 Å². The fraction of sp³-hybridized carbons (Fsp3) is 0.556. The maximum Gasteiger partial charge on any atom is 0.148 e. The molecule has 2 rings (SSSR count). The van der Waals surface area contributed by atoms with Crippen LogP contribution in [0.25, 0.3) is 0 Å². The second-order valence-corrected chi connectivity index (χ2v) is 3.75. The maximum absolute atomic E-state index is 5.56. The third kappa shape index (κ3) is 1.94. The minimum absolute atomic E-state index is 0.280. The molecule has 0 amide bonds. The second kappa shape index (κ2) is 4.40. The van der Waals surface area contributed by atoms with Gasteiger partial charge in [0.05, 0.1) is 6.54 Å². The third-order valence-corrected chi connectivity index (χ3v) is 2.31. The van der Waals surface area contributed by atoms with E-state index in [2.05, 4.69) is 34.0 Å². The first kappa shape index (κ1) is 10.7. The number of nitrogens with two attached hydrogens (primary N) is 1. The highest BCUT2D eigenvalue weighted by atomic mass is 15.4. The lowest BCUT2D eigenvalue weighted by Crippen LogP contribution is -2.16. The first-order valence-corrected chi connectivity index (χ1v) is 5.17. The Bertz CT molecular complexity index is 456. The predicted molar refractivity (Wildman–Crippen MR) is 57.4 cm³/mol. The summed E-state index contributed by atoms with van der Waals surface area (Å²) in [6.45, 7) is 5.03. The highest BCUT2D eigenvalue weighted by Crippen LogP contribution is 2.07. The van der Waals surface area contributed by atoms with Gasteiger partial charge in [-0.2, -0.15) is 10.2 Å². The lowest BCUT2D eigenvalue weighted by atomic mass is 10.4. The Hall–Kier alpha value is -1.76. The van der Waals surface area contributed by atoms with Gasteiger partial charge >= 0.3 is 0 Å². The quantitative estimate of drug-likeness (QED) is 0.782. The molecular formula is C9H15N7. The van der Waals surface area contributed by atoms with Crippen molar-refractivity contribution < 1.29 is 0 Å². The molecule has 0 saturated heterocycles. The predicted octanol–water partition coefficient (Wildman–Crippen LogP) is -0.0425. The molecule has 0 aromatic carbocycles. The smallest absolute Gasteiger partial charge is 0.148 e. The Morgan fingerprint density at radius 3 is 2.56 bits per heavy atom. The van der Waals surface area contributed by atoms with Crippen LogP contribution in [0.3, 0.4) is 0 Å². The van der Waals surface area contributed by atoms with Gasteiger partial charge in [0, 0.05) is 6.04 Å². The van der Waals surface area contributed by atoms with Gasteiger partial charge in [0.25, 0.3) is 0 Å². The third-order valence-electron chi connectivity index (χ3n) is 2.31. The van der Waals surface area contributed by atoms with Crippen molar-refractivity contribution in [3.8, 4) is 0 Å². The Balaban J connectivity index is 2.23. The van der Waals surface area contributed by atoms with E-state index in [9.17, 15) is 0 Å². The molecule has 0 unspecified atom stereocenters. The van der Waals surface area contributed by atoms with Crippen LogP contribution in [0.15, 0.2) is 12.7 Å². The molecule has 0 spiro atoms. The Morgan fingerprint density at radius 2 is 1.88 bits per heavy atom. The molecule has 86 valence electrons. The highest BCUT2D eigenvalue weighted by molar-refractivity contribution is 4.91. The molecule has 2 heterocycles. The van der Waals surface area contributed by atoms with Crippen LogP contribution in [0.4, 0.5) is 0 Å². The van der Waals surface area contributed by atoms with E-state index < -0.39 is 0 Å². The average Bonchev–Trinajstić information content (AvgIpc) is 2.86. The zero-order chi connectivity index (χ0) is 11.5. The van der Waals surface area contributed by atoms with E-state index >= 15 is 0 Å². The van der Waals surface area contributed by atoms with Crippen LogP contribution in [-0.2, 0) is 13.1 Å². The summed E-state index contributed by atoms with van der Waals surface area (Å²) in [4.78, 5) is 8.27. The molecular weight excluding hydrogens is 206 g/mol. The highest BCUT2D eigenvalue weighted by Gasteiger charge is 2.10. The molecule has 0 bridgehead atoms. The van der Waals surface area contributed by atoms with E-state index in [0.717, 1.165) is 11.6 Å². The van der Waals surface area contributed by atoms with E-state index in [1.54, 1.807) is 11.0 Å². The van der Waals surface area contributed by atoms with Gasteiger partial charge in [-0.15, -0.1) is 0 Å². The van der Waals surface area contributed by atoms with Crippen molar-refractivity contribution in [3.05, 3.63) is 24.3 Å². The van der Waals surface area contributed by atoms with Crippen LogP contribution in [0, 0.1) is 0 Å². The summed E-state index contributed by atoms with van der Waals surface area (Å²) >= 11 is 0. The first-order valence-electron chi connectivity index (χ1n) is 5.17. The fourth-order valence-electron chi connectivity index (χ4n) is 1.53. The van der Waals surface area contributed by atoms with E-state index in [-0.39, 0.29) is 6.04 Å². The van der Waals surface area contributed by atoms with Crippen LogP contribution in [0.1, 0.15) is 31.5 Å². The number of hydrogen-bond acceptors (Lipinski definition) is 5. The van der Waals surface area contributed by atoms with Gasteiger partial charge in [-0.05, 0) is 13.8 Å². The van der Waals surface area contributed by atoms with Gasteiger partial charge in [-0.25, -0.2) is 19.3 Å². The Labute approximate surface area is 93.3 Å². The zero-order valence-corrected chi connectivity index (χ0v) is 9.41. The summed E-state index contributed by atoms with van der Waals surface area (Å²) in [5, 5.41) is 8.27. The molecule has 0 atom stereocenters. The summed E-state index contributed by atoms with van der Waals surface area (Å²) in [5.41, 5.74) is 5.56. The minimum atomic E-state index is 0.280. The van der Waals surface area contributed by atoms with Crippen molar-refractivity contribution in [2.75, 3.05) is 0 Å². The summed E-state index contributed by atoms with van der Waals surface area (Å²) in [7, 11) is 0. The molecule has 0 fully saturated rings.